The van der Waals surface area contributed by atoms with Gasteiger partial charge in [0.15, 0.2) is 0 Å². The molecule has 0 bridgehead atoms. The molecule has 0 radical (unpaired) electrons. The summed E-state index contributed by atoms with van der Waals surface area (Å²) in [6.45, 7) is 11.3. The van der Waals surface area contributed by atoms with Crippen LogP contribution in [-0.4, -0.2) is 31.2 Å². The van der Waals surface area contributed by atoms with E-state index in [2.05, 4.69) is 27.8 Å². The minimum Gasteiger partial charge on any atom is -1.00 e. The van der Waals surface area contributed by atoms with E-state index in [4.69, 9.17) is 0 Å². The van der Waals surface area contributed by atoms with Gasteiger partial charge in [0.2, 0.25) is 0 Å². The van der Waals surface area contributed by atoms with Gasteiger partial charge >= 0.3 is 0 Å². The summed E-state index contributed by atoms with van der Waals surface area (Å²) in [6, 6.07) is 0. The molecule has 38 heavy (non-hydrogen) atoms. The molecule has 0 rings (SSSR count). The SMILES string of the molecule is CCCCCCCCCCCCCCCCCCC[N+](C)(CCCCCCCC)CCCCCCCC.[Cl-]. The van der Waals surface area contributed by atoms with Crippen molar-refractivity contribution in [2.75, 3.05) is 26.7 Å². The van der Waals surface area contributed by atoms with Gasteiger partial charge in [-0.05, 0) is 38.5 Å². The van der Waals surface area contributed by atoms with Crippen molar-refractivity contribution in [2.45, 2.75) is 207 Å². The summed E-state index contributed by atoms with van der Waals surface area (Å²) in [5.74, 6) is 0. The van der Waals surface area contributed by atoms with Crippen molar-refractivity contribution in [3.63, 3.8) is 0 Å². The predicted molar refractivity (Wildman–Crippen MR) is 172 cm³/mol. The van der Waals surface area contributed by atoms with Gasteiger partial charge in [0, 0.05) is 0 Å². The predicted octanol–water partition coefficient (Wildman–Crippen LogP) is 9.81. The molecule has 0 aromatic heterocycles. The van der Waals surface area contributed by atoms with Gasteiger partial charge < -0.3 is 16.9 Å². The third kappa shape index (κ3) is 30.8. The molecule has 0 saturated carbocycles. The van der Waals surface area contributed by atoms with Crippen LogP contribution in [0.1, 0.15) is 207 Å². The molecule has 0 amide bonds. The van der Waals surface area contributed by atoms with Crippen molar-refractivity contribution in [3.8, 4) is 0 Å². The standard InChI is InChI=1S/C36H76N.ClH/c1-5-8-11-14-17-18-19-20-21-22-23-24-25-26-27-30-33-36-37(4,34-31-28-15-12-9-6-2)35-32-29-16-13-10-7-3;/h5-36H2,1-4H3;1H/q+1;/p-1. The molecule has 0 N–H and O–H groups in total. The van der Waals surface area contributed by atoms with Crippen molar-refractivity contribution >= 4 is 0 Å². The number of quaternary nitrogens is 1. The van der Waals surface area contributed by atoms with Crippen LogP contribution < -0.4 is 12.4 Å². The highest BCUT2D eigenvalue weighted by Gasteiger charge is 2.20. The minimum absolute atomic E-state index is 0. The molecule has 1 nitrogen and oxygen atoms in total. The van der Waals surface area contributed by atoms with Crippen LogP contribution >= 0.6 is 0 Å². The van der Waals surface area contributed by atoms with Gasteiger partial charge in [-0.15, -0.1) is 0 Å². The fraction of sp³-hybridized carbons (Fsp3) is 1.00. The number of hydrogen-bond donors (Lipinski definition) is 0. The van der Waals surface area contributed by atoms with Gasteiger partial charge in [-0.1, -0.05) is 168 Å². The van der Waals surface area contributed by atoms with Gasteiger partial charge in [-0.3, -0.25) is 0 Å². The van der Waals surface area contributed by atoms with E-state index in [-0.39, 0.29) is 12.4 Å². The van der Waals surface area contributed by atoms with E-state index >= 15 is 0 Å². The highest BCUT2D eigenvalue weighted by Crippen LogP contribution is 2.17. The van der Waals surface area contributed by atoms with Gasteiger partial charge in [0.1, 0.15) is 0 Å². The van der Waals surface area contributed by atoms with Gasteiger partial charge in [-0.2, -0.15) is 0 Å². The summed E-state index contributed by atoms with van der Waals surface area (Å²) in [7, 11) is 2.59. The molecule has 0 fully saturated rings. The number of unbranched alkanes of at least 4 members (excludes halogenated alkanes) is 26. The Bertz CT molecular complexity index is 394. The maximum absolute atomic E-state index is 2.59. The lowest BCUT2D eigenvalue weighted by molar-refractivity contribution is -0.910. The van der Waals surface area contributed by atoms with E-state index < -0.39 is 0 Å². The average Bonchev–Trinajstić information content (AvgIpc) is 2.90. The highest BCUT2D eigenvalue weighted by atomic mass is 35.5. The van der Waals surface area contributed by atoms with Crippen molar-refractivity contribution in [1.82, 2.24) is 0 Å². The Kier molecular flexibility index (Phi) is 35.6. The topological polar surface area (TPSA) is 0 Å². The molecule has 0 aliphatic rings. The molecule has 0 heterocycles. The zero-order chi connectivity index (χ0) is 27.1. The van der Waals surface area contributed by atoms with Crippen LogP contribution in [0.4, 0.5) is 0 Å². The third-order valence-electron chi connectivity index (χ3n) is 8.90. The largest absolute Gasteiger partial charge is 1.00 e. The molecule has 2 heteroatoms. The van der Waals surface area contributed by atoms with Crippen molar-refractivity contribution in [2.24, 2.45) is 0 Å². The lowest BCUT2D eigenvalue weighted by Gasteiger charge is -2.35. The second kappa shape index (κ2) is 33.5. The summed E-state index contributed by atoms with van der Waals surface area (Å²) in [5, 5.41) is 0. The maximum Gasteiger partial charge on any atom is 0.0784 e. The molecule has 0 unspecified atom stereocenters. The summed E-state index contributed by atoms with van der Waals surface area (Å²) < 4.78 is 1.36. The average molecular weight is 558 g/mol. The fourth-order valence-electron chi connectivity index (χ4n) is 6.10. The lowest BCUT2D eigenvalue weighted by atomic mass is 10.0. The van der Waals surface area contributed by atoms with E-state index in [0.717, 1.165) is 0 Å². The summed E-state index contributed by atoms with van der Waals surface area (Å²) in [5.41, 5.74) is 0. The van der Waals surface area contributed by atoms with Crippen LogP contribution in [0.15, 0.2) is 0 Å². The maximum atomic E-state index is 2.59. The van der Waals surface area contributed by atoms with Crippen LogP contribution in [0.3, 0.4) is 0 Å². The highest BCUT2D eigenvalue weighted by molar-refractivity contribution is 4.53. The zero-order valence-electron chi connectivity index (χ0n) is 27.5. The quantitative estimate of drug-likeness (QED) is 0.0570. The first-order chi connectivity index (χ1) is 18.2. The first-order valence-electron chi connectivity index (χ1n) is 18.0. The van der Waals surface area contributed by atoms with Crippen LogP contribution in [0, 0.1) is 0 Å². The van der Waals surface area contributed by atoms with Crippen molar-refractivity contribution in [1.29, 1.82) is 0 Å². The minimum atomic E-state index is 0. The molecule has 232 valence electrons. The Morgan fingerprint density at radius 3 is 0.605 bits per heavy atom. The molecular formula is C36H76ClN. The van der Waals surface area contributed by atoms with Crippen molar-refractivity contribution in [3.05, 3.63) is 0 Å². The van der Waals surface area contributed by atoms with Crippen LogP contribution in [0.2, 0.25) is 0 Å². The number of rotatable bonds is 32. The molecule has 0 aromatic rings. The second-order valence-corrected chi connectivity index (χ2v) is 13.0. The molecular weight excluding hydrogens is 482 g/mol. The summed E-state index contributed by atoms with van der Waals surface area (Å²) in [4.78, 5) is 0. The Labute approximate surface area is 250 Å². The van der Waals surface area contributed by atoms with E-state index in [0.29, 0.717) is 0 Å². The van der Waals surface area contributed by atoms with Gasteiger partial charge in [0.25, 0.3) is 0 Å². The third-order valence-corrected chi connectivity index (χ3v) is 8.90. The normalized spacial score (nSPS) is 11.7. The molecule has 0 atom stereocenters. The number of hydrogen-bond acceptors (Lipinski definition) is 0. The number of nitrogens with zero attached hydrogens (tertiary/aromatic N) is 1. The first kappa shape index (κ1) is 40.4. The Balaban J connectivity index is 0. The van der Waals surface area contributed by atoms with E-state index in [9.17, 15) is 0 Å². The molecule has 0 spiro atoms. The monoisotopic (exact) mass is 558 g/mol. The second-order valence-electron chi connectivity index (χ2n) is 13.0. The van der Waals surface area contributed by atoms with Gasteiger partial charge in [0.05, 0.1) is 26.7 Å². The van der Waals surface area contributed by atoms with Crippen LogP contribution in [0.25, 0.3) is 0 Å². The Morgan fingerprint density at radius 2 is 0.421 bits per heavy atom. The lowest BCUT2D eigenvalue weighted by Crippen LogP contribution is -3.00. The Hall–Kier alpha value is 0.250. The molecule has 0 saturated heterocycles. The first-order valence-corrected chi connectivity index (χ1v) is 18.0. The molecule has 0 aromatic carbocycles. The van der Waals surface area contributed by atoms with Crippen LogP contribution in [0.5, 0.6) is 0 Å². The Morgan fingerprint density at radius 1 is 0.263 bits per heavy atom. The van der Waals surface area contributed by atoms with Crippen LogP contribution in [-0.2, 0) is 0 Å². The smallest absolute Gasteiger partial charge is 0.0784 e. The van der Waals surface area contributed by atoms with E-state index in [1.807, 2.05) is 0 Å². The summed E-state index contributed by atoms with van der Waals surface area (Å²) in [6.07, 6.45) is 42.3. The van der Waals surface area contributed by atoms with Gasteiger partial charge in [-0.25, -0.2) is 0 Å². The fourth-order valence-corrected chi connectivity index (χ4v) is 6.10. The van der Waals surface area contributed by atoms with Crippen molar-refractivity contribution < 1.29 is 16.9 Å². The number of halogens is 1. The van der Waals surface area contributed by atoms with E-state index in [1.54, 1.807) is 0 Å². The molecule has 0 aliphatic carbocycles. The zero-order valence-corrected chi connectivity index (χ0v) is 28.2. The molecule has 0 aliphatic heterocycles. The summed E-state index contributed by atoms with van der Waals surface area (Å²) >= 11 is 0. The van der Waals surface area contributed by atoms with E-state index in [1.165, 1.54) is 210 Å².